The molecule has 1 aliphatic heterocycles. The summed E-state index contributed by atoms with van der Waals surface area (Å²) in [6, 6.07) is 6.90. The van der Waals surface area contributed by atoms with Crippen LogP contribution < -0.4 is 16.2 Å². The number of ether oxygens (including phenoxy) is 1. The fourth-order valence-corrected chi connectivity index (χ4v) is 4.36. The van der Waals surface area contributed by atoms with Crippen molar-refractivity contribution in [3.8, 4) is 0 Å². The van der Waals surface area contributed by atoms with Crippen LogP contribution in [0.15, 0.2) is 47.5 Å². The molecule has 2 unspecified atom stereocenters. The third-order valence-electron chi connectivity index (χ3n) is 6.25. The summed E-state index contributed by atoms with van der Waals surface area (Å²) in [6.45, 7) is 0.493. The van der Waals surface area contributed by atoms with Crippen molar-refractivity contribution in [2.45, 2.75) is 64.0 Å². The Morgan fingerprint density at radius 1 is 1.23 bits per heavy atom. The van der Waals surface area contributed by atoms with Crippen molar-refractivity contribution in [2.24, 2.45) is 0 Å². The Kier molecular flexibility index (Phi) is 9.77. The van der Waals surface area contributed by atoms with Gasteiger partial charge in [0.1, 0.15) is 12.0 Å². The first-order chi connectivity index (χ1) is 18.8. The second-order valence-corrected chi connectivity index (χ2v) is 9.75. The van der Waals surface area contributed by atoms with Gasteiger partial charge in [-0.1, -0.05) is 16.8 Å². The van der Waals surface area contributed by atoms with Crippen molar-refractivity contribution in [3.05, 3.63) is 75.2 Å². The highest BCUT2D eigenvalue weighted by molar-refractivity contribution is 6.30. The Morgan fingerprint density at radius 2 is 2.08 bits per heavy atom. The summed E-state index contributed by atoms with van der Waals surface area (Å²) in [5.41, 5.74) is 0.172. The van der Waals surface area contributed by atoms with Gasteiger partial charge >= 0.3 is 0 Å². The summed E-state index contributed by atoms with van der Waals surface area (Å²) in [4.78, 5) is 37.0. The van der Waals surface area contributed by atoms with Gasteiger partial charge < -0.3 is 19.9 Å². The molecule has 10 nitrogen and oxygen atoms in total. The maximum atomic E-state index is 14.6. The summed E-state index contributed by atoms with van der Waals surface area (Å²) in [5, 5.41) is 13.1. The van der Waals surface area contributed by atoms with Gasteiger partial charge in [0.15, 0.2) is 5.69 Å². The van der Waals surface area contributed by atoms with Crippen LogP contribution in [0.2, 0.25) is 5.02 Å². The predicted molar refractivity (Wildman–Crippen MR) is 140 cm³/mol. The van der Waals surface area contributed by atoms with E-state index in [-0.39, 0.29) is 61.3 Å². The average molecular weight is 563 g/mol. The van der Waals surface area contributed by atoms with E-state index in [4.69, 9.17) is 16.3 Å². The number of carbonyl (C=O) groups excluding carboxylic acids is 2. The number of alkyl halides is 1. The molecular weight excluding hydrogens is 534 g/mol. The molecule has 0 aliphatic carbocycles. The Bertz CT molecular complexity index is 1360. The van der Waals surface area contributed by atoms with Crippen molar-refractivity contribution < 1.29 is 23.1 Å². The highest BCUT2D eigenvalue weighted by Crippen LogP contribution is 2.17. The number of aryl methyl sites for hydroxylation is 1. The largest absolute Gasteiger partial charge is 0.378 e. The minimum absolute atomic E-state index is 0.0140. The molecule has 0 spiro atoms. The molecule has 2 atom stereocenters. The number of hydrogen-bond donors (Lipinski definition) is 2. The van der Waals surface area contributed by atoms with E-state index in [1.54, 1.807) is 6.07 Å². The second-order valence-electron chi connectivity index (χ2n) is 9.32. The van der Waals surface area contributed by atoms with Crippen LogP contribution in [0.25, 0.3) is 0 Å². The van der Waals surface area contributed by atoms with Gasteiger partial charge in [-0.25, -0.2) is 13.5 Å². The third-order valence-corrected chi connectivity index (χ3v) is 6.49. The molecule has 39 heavy (non-hydrogen) atoms. The first-order valence-corrected chi connectivity index (χ1v) is 13.0. The fourth-order valence-electron chi connectivity index (χ4n) is 4.17. The van der Waals surface area contributed by atoms with Gasteiger partial charge in [0.25, 0.3) is 11.5 Å². The van der Waals surface area contributed by atoms with E-state index in [0.717, 1.165) is 19.3 Å². The third kappa shape index (κ3) is 8.42. The minimum Gasteiger partial charge on any atom is -0.378 e. The quantitative estimate of drug-likeness (QED) is 0.369. The van der Waals surface area contributed by atoms with Crippen LogP contribution in [0.1, 0.15) is 48.2 Å². The molecule has 2 aromatic heterocycles. The smallest absolute Gasteiger partial charge is 0.273 e. The van der Waals surface area contributed by atoms with Crippen molar-refractivity contribution in [1.82, 2.24) is 24.9 Å². The molecule has 2 amide bonds. The van der Waals surface area contributed by atoms with Gasteiger partial charge in [-0.05, 0) is 49.9 Å². The number of aromatic nitrogens is 4. The predicted octanol–water partition coefficient (Wildman–Crippen LogP) is 3.49. The minimum atomic E-state index is -1.37. The SMILES string of the molecule is O=C(CC1CCCCO1)Nc1ccn(CCC(F)Cn2cc(C(=O)NCc3cc(Cl)ccc3F)nn2)c(=O)c1. The topological polar surface area (TPSA) is 120 Å². The number of carbonyl (C=O) groups is 2. The molecule has 0 bridgehead atoms. The highest BCUT2D eigenvalue weighted by Gasteiger charge is 2.18. The van der Waals surface area contributed by atoms with E-state index in [9.17, 15) is 23.2 Å². The van der Waals surface area contributed by atoms with Crippen molar-refractivity contribution >= 4 is 29.1 Å². The standard InChI is InChI=1S/C26H29ClF2N6O4/c27-18-4-5-22(29)17(11-18)14-30-26(38)23-16-35(33-32-23)15-19(28)6-8-34-9-7-20(12-25(34)37)31-24(36)13-21-3-1-2-10-39-21/h4-5,7,9,11-12,16,19,21H,1-3,6,8,10,13-15H2,(H,30,38)(H,31,36). The zero-order chi connectivity index (χ0) is 27.8. The Labute approximate surface area is 228 Å². The van der Waals surface area contributed by atoms with Gasteiger partial charge in [-0.2, -0.15) is 0 Å². The van der Waals surface area contributed by atoms with Gasteiger partial charge in [-0.3, -0.25) is 14.4 Å². The fraction of sp³-hybridized carbons (Fsp3) is 0.423. The van der Waals surface area contributed by atoms with Gasteiger partial charge in [-0.15, -0.1) is 5.10 Å². The number of rotatable bonds is 11. The Hall–Kier alpha value is -3.64. The van der Waals surface area contributed by atoms with Crippen LogP contribution in [-0.4, -0.2) is 50.3 Å². The van der Waals surface area contributed by atoms with E-state index in [2.05, 4.69) is 20.9 Å². The lowest BCUT2D eigenvalue weighted by Crippen LogP contribution is -2.26. The Morgan fingerprint density at radius 3 is 2.85 bits per heavy atom. The lowest BCUT2D eigenvalue weighted by Gasteiger charge is -2.21. The van der Waals surface area contributed by atoms with Crippen LogP contribution in [0.4, 0.5) is 14.5 Å². The maximum absolute atomic E-state index is 14.6. The van der Waals surface area contributed by atoms with E-state index < -0.39 is 17.9 Å². The van der Waals surface area contributed by atoms with Crippen LogP contribution in [0, 0.1) is 5.82 Å². The lowest BCUT2D eigenvalue weighted by atomic mass is 10.1. The number of benzene rings is 1. The van der Waals surface area contributed by atoms with E-state index >= 15 is 0 Å². The van der Waals surface area contributed by atoms with E-state index in [1.165, 1.54) is 45.9 Å². The number of anilines is 1. The molecule has 0 radical (unpaired) electrons. The second kappa shape index (κ2) is 13.4. The maximum Gasteiger partial charge on any atom is 0.273 e. The molecule has 3 heterocycles. The molecule has 1 aromatic carbocycles. The van der Waals surface area contributed by atoms with Crippen LogP contribution in [-0.2, 0) is 29.2 Å². The molecule has 1 fully saturated rings. The van der Waals surface area contributed by atoms with Crippen molar-refractivity contribution in [1.29, 1.82) is 0 Å². The molecule has 13 heteroatoms. The summed E-state index contributed by atoms with van der Waals surface area (Å²) >= 11 is 5.85. The zero-order valence-electron chi connectivity index (χ0n) is 21.1. The van der Waals surface area contributed by atoms with Gasteiger partial charge in [0.2, 0.25) is 5.91 Å². The molecule has 208 valence electrons. The summed E-state index contributed by atoms with van der Waals surface area (Å²) < 4.78 is 36.5. The van der Waals surface area contributed by atoms with Crippen molar-refractivity contribution in [3.63, 3.8) is 0 Å². The molecule has 1 saturated heterocycles. The number of amides is 2. The summed E-state index contributed by atoms with van der Waals surface area (Å²) in [7, 11) is 0. The zero-order valence-corrected chi connectivity index (χ0v) is 21.9. The lowest BCUT2D eigenvalue weighted by molar-refractivity contribution is -0.119. The Balaban J connectivity index is 1.22. The van der Waals surface area contributed by atoms with Crippen molar-refractivity contribution in [2.75, 3.05) is 11.9 Å². The first-order valence-electron chi connectivity index (χ1n) is 12.6. The van der Waals surface area contributed by atoms with Crippen LogP contribution >= 0.6 is 11.6 Å². The summed E-state index contributed by atoms with van der Waals surface area (Å²) in [6.07, 6.45) is 4.44. The van der Waals surface area contributed by atoms with Gasteiger partial charge in [0.05, 0.1) is 25.3 Å². The molecule has 4 rings (SSSR count). The van der Waals surface area contributed by atoms with Gasteiger partial charge in [0, 0.05) is 48.2 Å². The normalized spacial score (nSPS) is 16.0. The van der Waals surface area contributed by atoms with E-state index in [0.29, 0.717) is 17.3 Å². The monoisotopic (exact) mass is 562 g/mol. The average Bonchev–Trinajstić information content (AvgIpc) is 3.37. The summed E-state index contributed by atoms with van der Waals surface area (Å²) in [5.74, 6) is -1.33. The molecule has 0 saturated carbocycles. The molecule has 3 aromatic rings. The molecular formula is C26H29ClF2N6O4. The van der Waals surface area contributed by atoms with Crippen LogP contribution in [0.5, 0.6) is 0 Å². The number of halogens is 3. The number of nitrogens with one attached hydrogen (secondary N) is 2. The van der Waals surface area contributed by atoms with Crippen LogP contribution in [0.3, 0.4) is 0 Å². The number of pyridine rings is 1. The molecule has 1 aliphatic rings. The van der Waals surface area contributed by atoms with E-state index in [1.807, 2.05) is 0 Å². The first kappa shape index (κ1) is 28.4. The highest BCUT2D eigenvalue weighted by atomic mass is 35.5. The number of nitrogens with zero attached hydrogens (tertiary/aromatic N) is 4. The molecule has 2 N–H and O–H groups in total. The number of hydrogen-bond acceptors (Lipinski definition) is 6.